The summed E-state index contributed by atoms with van der Waals surface area (Å²) in [6.07, 6.45) is 0. The maximum Gasteiger partial charge on any atom is 0.123 e. The highest BCUT2D eigenvalue weighted by molar-refractivity contribution is 6.35. The lowest BCUT2D eigenvalue weighted by Crippen LogP contribution is -1.96. The highest BCUT2D eigenvalue weighted by Gasteiger charge is 2.03. The van der Waals surface area contributed by atoms with Crippen molar-refractivity contribution in [3.63, 3.8) is 0 Å². The summed E-state index contributed by atoms with van der Waals surface area (Å²) in [7, 11) is 1.62. The summed E-state index contributed by atoms with van der Waals surface area (Å²) in [5, 5.41) is 1.22. The van der Waals surface area contributed by atoms with E-state index in [0.29, 0.717) is 16.7 Å². The summed E-state index contributed by atoms with van der Waals surface area (Å²) in [4.78, 5) is 0. The Balaban J connectivity index is 0.000000956. The van der Waals surface area contributed by atoms with E-state index in [1.807, 2.05) is 44.2 Å². The van der Waals surface area contributed by atoms with Crippen LogP contribution in [0.1, 0.15) is 19.4 Å². The van der Waals surface area contributed by atoms with Crippen LogP contribution in [-0.2, 0) is 6.61 Å². The first-order chi connectivity index (χ1) is 9.69. The molecule has 0 aliphatic rings. The van der Waals surface area contributed by atoms with Crippen LogP contribution >= 0.6 is 23.2 Å². The third-order valence-corrected chi connectivity index (χ3v) is 3.04. The average Bonchev–Trinajstić information content (AvgIpc) is 2.48. The minimum absolute atomic E-state index is 0.392. The molecule has 0 spiro atoms. The minimum atomic E-state index is 0.392. The van der Waals surface area contributed by atoms with Crippen molar-refractivity contribution in [3.8, 4) is 11.5 Å². The van der Waals surface area contributed by atoms with E-state index in [1.165, 1.54) is 0 Å². The number of methoxy groups -OCH3 is 1. The Bertz CT molecular complexity index is 542. The number of halogens is 2. The van der Waals surface area contributed by atoms with Gasteiger partial charge in [-0.1, -0.05) is 49.2 Å². The van der Waals surface area contributed by atoms with Gasteiger partial charge >= 0.3 is 0 Å². The zero-order valence-corrected chi connectivity index (χ0v) is 13.3. The van der Waals surface area contributed by atoms with Crippen molar-refractivity contribution in [2.45, 2.75) is 20.5 Å². The van der Waals surface area contributed by atoms with Crippen LogP contribution in [0, 0.1) is 0 Å². The van der Waals surface area contributed by atoms with Crippen LogP contribution in [0.15, 0.2) is 42.5 Å². The molecular weight excluding hydrogens is 295 g/mol. The maximum atomic E-state index is 6.07. The molecule has 0 saturated carbocycles. The summed E-state index contributed by atoms with van der Waals surface area (Å²) in [6.45, 7) is 4.39. The Morgan fingerprint density at radius 1 is 0.950 bits per heavy atom. The Morgan fingerprint density at radius 2 is 1.65 bits per heavy atom. The summed E-state index contributed by atoms with van der Waals surface area (Å²) in [5.74, 6) is 1.50. The molecule has 0 bridgehead atoms. The van der Waals surface area contributed by atoms with Crippen LogP contribution in [0.2, 0.25) is 10.0 Å². The number of benzene rings is 2. The fourth-order valence-electron chi connectivity index (χ4n) is 1.49. The monoisotopic (exact) mass is 312 g/mol. The minimum Gasteiger partial charge on any atom is -0.497 e. The molecule has 2 rings (SSSR count). The van der Waals surface area contributed by atoms with Gasteiger partial charge in [-0.2, -0.15) is 0 Å². The van der Waals surface area contributed by atoms with Crippen LogP contribution in [0.3, 0.4) is 0 Å². The summed E-state index contributed by atoms with van der Waals surface area (Å²) < 4.78 is 10.8. The van der Waals surface area contributed by atoms with Crippen molar-refractivity contribution < 1.29 is 9.47 Å². The van der Waals surface area contributed by atoms with E-state index in [9.17, 15) is 0 Å². The number of hydrogen-bond acceptors (Lipinski definition) is 2. The maximum absolute atomic E-state index is 6.07. The van der Waals surface area contributed by atoms with Gasteiger partial charge in [-0.05, 0) is 24.3 Å². The van der Waals surface area contributed by atoms with Crippen LogP contribution in [0.4, 0.5) is 0 Å². The van der Waals surface area contributed by atoms with Gasteiger partial charge < -0.3 is 9.47 Å². The topological polar surface area (TPSA) is 18.5 Å². The molecule has 0 unspecified atom stereocenters. The standard InChI is InChI=1S/C14H12Cl2O2.C2H6/c1-17-12-3-2-4-13(8-12)18-9-10-5-6-11(15)7-14(10)16;1-2/h2-8H,9H2,1H3;1-2H3. The number of ether oxygens (including phenoxy) is 2. The zero-order valence-electron chi connectivity index (χ0n) is 11.8. The first-order valence-electron chi connectivity index (χ1n) is 6.40. The molecule has 2 aromatic carbocycles. The number of rotatable bonds is 4. The molecule has 20 heavy (non-hydrogen) atoms. The molecule has 2 aromatic rings. The van der Waals surface area contributed by atoms with Gasteiger partial charge in [0.05, 0.1) is 7.11 Å². The van der Waals surface area contributed by atoms with Gasteiger partial charge in [0.25, 0.3) is 0 Å². The van der Waals surface area contributed by atoms with Crippen molar-refractivity contribution in [1.82, 2.24) is 0 Å². The molecule has 2 nitrogen and oxygen atoms in total. The fourth-order valence-corrected chi connectivity index (χ4v) is 1.95. The molecule has 0 fully saturated rings. The molecule has 0 N–H and O–H groups in total. The average molecular weight is 313 g/mol. The first kappa shape index (κ1) is 16.7. The van der Waals surface area contributed by atoms with Gasteiger partial charge in [0, 0.05) is 21.7 Å². The third kappa shape index (κ3) is 4.95. The van der Waals surface area contributed by atoms with Gasteiger partial charge in [0.15, 0.2) is 0 Å². The molecule has 0 aliphatic carbocycles. The lowest BCUT2D eigenvalue weighted by Gasteiger charge is -2.09. The van der Waals surface area contributed by atoms with E-state index in [2.05, 4.69) is 0 Å². The second kappa shape index (κ2) is 8.72. The van der Waals surface area contributed by atoms with Gasteiger partial charge in [-0.25, -0.2) is 0 Å². The zero-order chi connectivity index (χ0) is 15.0. The van der Waals surface area contributed by atoms with E-state index in [4.69, 9.17) is 32.7 Å². The normalized spacial score (nSPS) is 9.45. The van der Waals surface area contributed by atoms with Gasteiger partial charge in [-0.15, -0.1) is 0 Å². The molecular formula is C16H18Cl2O2. The molecule has 108 valence electrons. The lowest BCUT2D eigenvalue weighted by molar-refractivity contribution is 0.304. The molecule has 0 aliphatic heterocycles. The van der Waals surface area contributed by atoms with Gasteiger partial charge in [0.1, 0.15) is 18.1 Å². The predicted octanol–water partition coefficient (Wildman–Crippen LogP) is 5.61. The van der Waals surface area contributed by atoms with Crippen molar-refractivity contribution in [1.29, 1.82) is 0 Å². The molecule has 0 aromatic heterocycles. The number of hydrogen-bond donors (Lipinski definition) is 0. The molecule has 4 heteroatoms. The molecule has 0 atom stereocenters. The molecule has 0 heterocycles. The van der Waals surface area contributed by atoms with Crippen LogP contribution in [-0.4, -0.2) is 7.11 Å². The Hall–Kier alpha value is -1.38. The molecule has 0 saturated heterocycles. The van der Waals surface area contributed by atoms with Gasteiger partial charge in [0.2, 0.25) is 0 Å². The Morgan fingerprint density at radius 3 is 2.30 bits per heavy atom. The van der Waals surface area contributed by atoms with Crippen molar-refractivity contribution in [2.75, 3.05) is 7.11 Å². The van der Waals surface area contributed by atoms with E-state index < -0.39 is 0 Å². The highest BCUT2D eigenvalue weighted by atomic mass is 35.5. The Kier molecular flexibility index (Phi) is 7.27. The fraction of sp³-hybridized carbons (Fsp3) is 0.250. The molecule has 0 radical (unpaired) electrons. The second-order valence-electron chi connectivity index (χ2n) is 3.70. The summed E-state index contributed by atoms with van der Waals surface area (Å²) >= 11 is 11.9. The summed E-state index contributed by atoms with van der Waals surface area (Å²) in [6, 6.07) is 12.8. The van der Waals surface area contributed by atoms with Crippen LogP contribution in [0.25, 0.3) is 0 Å². The predicted molar refractivity (Wildman–Crippen MR) is 85.1 cm³/mol. The highest BCUT2D eigenvalue weighted by Crippen LogP contribution is 2.24. The van der Waals surface area contributed by atoms with E-state index in [0.717, 1.165) is 17.1 Å². The van der Waals surface area contributed by atoms with Gasteiger partial charge in [-0.3, -0.25) is 0 Å². The van der Waals surface area contributed by atoms with Crippen molar-refractivity contribution in [2.24, 2.45) is 0 Å². The quantitative estimate of drug-likeness (QED) is 0.730. The van der Waals surface area contributed by atoms with Crippen molar-refractivity contribution >= 4 is 23.2 Å². The van der Waals surface area contributed by atoms with E-state index in [-0.39, 0.29) is 0 Å². The van der Waals surface area contributed by atoms with Crippen LogP contribution < -0.4 is 9.47 Å². The third-order valence-electron chi connectivity index (χ3n) is 2.45. The van der Waals surface area contributed by atoms with E-state index in [1.54, 1.807) is 19.2 Å². The van der Waals surface area contributed by atoms with E-state index >= 15 is 0 Å². The largest absolute Gasteiger partial charge is 0.497 e. The Labute approximate surface area is 130 Å². The SMILES string of the molecule is CC.COc1cccc(OCc2ccc(Cl)cc2Cl)c1. The smallest absolute Gasteiger partial charge is 0.123 e. The first-order valence-corrected chi connectivity index (χ1v) is 7.15. The second-order valence-corrected chi connectivity index (χ2v) is 4.55. The van der Waals surface area contributed by atoms with Crippen LogP contribution in [0.5, 0.6) is 11.5 Å². The molecule has 0 amide bonds. The van der Waals surface area contributed by atoms with Crippen molar-refractivity contribution in [3.05, 3.63) is 58.1 Å². The summed E-state index contributed by atoms with van der Waals surface area (Å²) in [5.41, 5.74) is 0.892. The lowest BCUT2D eigenvalue weighted by atomic mass is 10.2.